The minimum Gasteiger partial charge on any atom is -0.494 e. The Kier molecular flexibility index (Phi) is 6.24. The molecular weight excluding hydrogens is 398 g/mol. The molecule has 162 valence electrons. The van der Waals surface area contributed by atoms with Crippen LogP contribution in [0.15, 0.2) is 24.3 Å². The van der Waals surface area contributed by atoms with Crippen molar-refractivity contribution < 1.29 is 14.3 Å². The number of nitrogens with one attached hydrogen (secondary N) is 2. The molecule has 4 N–H and O–H groups in total. The van der Waals surface area contributed by atoms with Crippen molar-refractivity contribution in [3.63, 3.8) is 0 Å². The van der Waals surface area contributed by atoms with E-state index in [4.69, 9.17) is 10.5 Å². The van der Waals surface area contributed by atoms with Gasteiger partial charge in [-0.25, -0.2) is 0 Å². The van der Waals surface area contributed by atoms with Gasteiger partial charge in [0.2, 0.25) is 0 Å². The van der Waals surface area contributed by atoms with E-state index in [9.17, 15) is 9.59 Å². The maximum Gasteiger partial charge on any atom is 0.256 e. The number of carbonyl (C=O) groups is 2. The molecule has 2 amide bonds. The molecule has 1 aliphatic heterocycles. The Bertz CT molecular complexity index is 963. The highest BCUT2D eigenvalue weighted by atomic mass is 32.1. The summed E-state index contributed by atoms with van der Waals surface area (Å²) < 4.78 is 5.71. The average molecular weight is 430 g/mol. The van der Waals surface area contributed by atoms with E-state index in [0.29, 0.717) is 34.9 Å². The van der Waals surface area contributed by atoms with Crippen LogP contribution in [-0.2, 0) is 12.0 Å². The number of rotatable bonds is 7. The SMILES string of the molecule is CCCCOc1cccc(C(=O)Nc2sc3c(c2C(N)=O)CC(C)(C)NC3(C)C)c1. The molecule has 0 atom stereocenters. The first-order valence-electron chi connectivity index (χ1n) is 10.3. The summed E-state index contributed by atoms with van der Waals surface area (Å²) in [5.41, 5.74) is 7.04. The van der Waals surface area contributed by atoms with E-state index < -0.39 is 5.91 Å². The molecule has 1 aromatic heterocycles. The first kappa shape index (κ1) is 22.3. The highest BCUT2D eigenvalue weighted by Crippen LogP contribution is 2.45. The van der Waals surface area contributed by atoms with E-state index in [0.717, 1.165) is 23.3 Å². The zero-order valence-corrected chi connectivity index (χ0v) is 19.2. The van der Waals surface area contributed by atoms with Gasteiger partial charge >= 0.3 is 0 Å². The number of ether oxygens (including phenoxy) is 1. The summed E-state index contributed by atoms with van der Waals surface area (Å²) in [6, 6.07) is 7.08. The quantitative estimate of drug-likeness (QED) is 0.567. The van der Waals surface area contributed by atoms with Crippen molar-refractivity contribution in [1.82, 2.24) is 5.32 Å². The normalized spacial score (nSPS) is 16.6. The van der Waals surface area contributed by atoms with Gasteiger partial charge in [0.05, 0.1) is 12.2 Å². The third-order valence-electron chi connectivity index (χ3n) is 5.18. The van der Waals surface area contributed by atoms with Gasteiger partial charge in [-0.05, 0) is 64.3 Å². The molecule has 1 aromatic carbocycles. The van der Waals surface area contributed by atoms with Gasteiger partial charge in [-0.2, -0.15) is 0 Å². The Labute approximate surface area is 182 Å². The Morgan fingerprint density at radius 3 is 2.67 bits per heavy atom. The maximum absolute atomic E-state index is 12.9. The van der Waals surface area contributed by atoms with E-state index >= 15 is 0 Å². The minimum absolute atomic E-state index is 0.187. The van der Waals surface area contributed by atoms with Gasteiger partial charge in [-0.15, -0.1) is 11.3 Å². The molecular formula is C23H31N3O3S. The third kappa shape index (κ3) is 4.68. The zero-order valence-electron chi connectivity index (χ0n) is 18.3. The number of amides is 2. The molecule has 3 rings (SSSR count). The standard InChI is InChI=1S/C23H31N3O3S/c1-6-7-11-29-15-10-8-9-14(12-15)20(28)25-21-17(19(24)27)16-13-22(2,3)26-23(4,5)18(16)30-21/h8-10,12,26H,6-7,11,13H2,1-5H3,(H2,24,27)(H,25,28). The fourth-order valence-electron chi connectivity index (χ4n) is 4.11. The van der Waals surface area contributed by atoms with E-state index in [1.165, 1.54) is 11.3 Å². The predicted octanol–water partition coefficient (Wildman–Crippen LogP) is 4.44. The molecule has 0 unspecified atom stereocenters. The Hall–Kier alpha value is -2.38. The summed E-state index contributed by atoms with van der Waals surface area (Å²) in [5, 5.41) is 7.04. The molecule has 7 heteroatoms. The summed E-state index contributed by atoms with van der Waals surface area (Å²) in [7, 11) is 0. The summed E-state index contributed by atoms with van der Waals surface area (Å²) in [6.07, 6.45) is 2.66. The van der Waals surface area contributed by atoms with Gasteiger partial charge in [0.25, 0.3) is 11.8 Å². The van der Waals surface area contributed by atoms with Gasteiger partial charge in [-0.1, -0.05) is 19.4 Å². The lowest BCUT2D eigenvalue weighted by Gasteiger charge is -2.42. The van der Waals surface area contributed by atoms with Crippen LogP contribution in [0.5, 0.6) is 5.75 Å². The Balaban J connectivity index is 1.91. The van der Waals surface area contributed by atoms with E-state index in [2.05, 4.69) is 45.3 Å². The van der Waals surface area contributed by atoms with Crippen LogP contribution in [0, 0.1) is 0 Å². The van der Waals surface area contributed by atoms with Crippen LogP contribution in [0.3, 0.4) is 0 Å². The summed E-state index contributed by atoms with van der Waals surface area (Å²) in [4.78, 5) is 26.3. The van der Waals surface area contributed by atoms with Gasteiger partial charge in [-0.3, -0.25) is 9.59 Å². The van der Waals surface area contributed by atoms with Crippen molar-refractivity contribution in [1.29, 1.82) is 0 Å². The molecule has 0 saturated heterocycles. The molecule has 6 nitrogen and oxygen atoms in total. The molecule has 0 aliphatic carbocycles. The summed E-state index contributed by atoms with van der Waals surface area (Å²) in [6.45, 7) is 11.1. The van der Waals surface area contributed by atoms with Crippen LogP contribution < -0.4 is 21.1 Å². The molecule has 0 bridgehead atoms. The van der Waals surface area contributed by atoms with Crippen LogP contribution in [0.2, 0.25) is 0 Å². The number of benzene rings is 1. The van der Waals surface area contributed by atoms with Crippen molar-refractivity contribution >= 4 is 28.2 Å². The van der Waals surface area contributed by atoms with Crippen LogP contribution in [0.4, 0.5) is 5.00 Å². The third-order valence-corrected chi connectivity index (χ3v) is 6.65. The largest absolute Gasteiger partial charge is 0.494 e. The van der Waals surface area contributed by atoms with Gasteiger partial charge in [0.15, 0.2) is 0 Å². The monoisotopic (exact) mass is 429 g/mol. The fraction of sp³-hybridized carbons (Fsp3) is 0.478. The predicted molar refractivity (Wildman–Crippen MR) is 122 cm³/mol. The lowest BCUT2D eigenvalue weighted by Crippen LogP contribution is -2.55. The number of unbranched alkanes of at least 4 members (excludes halogenated alkanes) is 1. The van der Waals surface area contributed by atoms with Crippen molar-refractivity contribution in [3.8, 4) is 5.75 Å². The maximum atomic E-state index is 12.9. The second-order valence-electron chi connectivity index (χ2n) is 8.97. The van der Waals surface area contributed by atoms with Crippen LogP contribution in [0.1, 0.15) is 78.6 Å². The molecule has 0 spiro atoms. The van der Waals surface area contributed by atoms with Crippen molar-refractivity contribution in [3.05, 3.63) is 45.8 Å². The number of hydrogen-bond acceptors (Lipinski definition) is 5. The van der Waals surface area contributed by atoms with Gasteiger partial charge in [0, 0.05) is 21.5 Å². The van der Waals surface area contributed by atoms with Crippen LogP contribution in [0.25, 0.3) is 0 Å². The Morgan fingerprint density at radius 2 is 2.00 bits per heavy atom. The first-order valence-corrected chi connectivity index (χ1v) is 11.2. The van der Waals surface area contributed by atoms with Crippen molar-refractivity contribution in [2.45, 2.75) is 65.0 Å². The molecule has 2 heterocycles. The Morgan fingerprint density at radius 1 is 1.27 bits per heavy atom. The smallest absolute Gasteiger partial charge is 0.256 e. The van der Waals surface area contributed by atoms with Crippen molar-refractivity contribution in [2.24, 2.45) is 5.73 Å². The van der Waals surface area contributed by atoms with Crippen LogP contribution >= 0.6 is 11.3 Å². The van der Waals surface area contributed by atoms with Crippen LogP contribution in [-0.4, -0.2) is 24.0 Å². The average Bonchev–Trinajstić information content (AvgIpc) is 2.99. The molecule has 30 heavy (non-hydrogen) atoms. The van der Waals surface area contributed by atoms with E-state index in [-0.39, 0.29) is 17.0 Å². The number of anilines is 1. The lowest BCUT2D eigenvalue weighted by atomic mass is 9.81. The second kappa shape index (κ2) is 8.40. The molecule has 0 radical (unpaired) electrons. The molecule has 0 saturated carbocycles. The topological polar surface area (TPSA) is 93.4 Å². The lowest BCUT2D eigenvalue weighted by molar-refractivity contribution is 0.0999. The van der Waals surface area contributed by atoms with E-state index in [1.807, 2.05) is 6.07 Å². The van der Waals surface area contributed by atoms with E-state index in [1.54, 1.807) is 18.2 Å². The summed E-state index contributed by atoms with van der Waals surface area (Å²) >= 11 is 1.42. The second-order valence-corrected chi connectivity index (χ2v) is 9.99. The van der Waals surface area contributed by atoms with Gasteiger partial charge in [0.1, 0.15) is 10.8 Å². The number of carbonyl (C=O) groups excluding carboxylic acids is 2. The first-order chi connectivity index (χ1) is 14.0. The summed E-state index contributed by atoms with van der Waals surface area (Å²) in [5.74, 6) is -0.154. The number of hydrogen-bond donors (Lipinski definition) is 3. The number of primary amides is 1. The molecule has 1 aliphatic rings. The number of nitrogens with two attached hydrogens (primary N) is 1. The number of thiophene rings is 1. The highest BCUT2D eigenvalue weighted by molar-refractivity contribution is 7.17. The minimum atomic E-state index is -0.520. The highest BCUT2D eigenvalue weighted by Gasteiger charge is 2.41. The molecule has 0 fully saturated rings. The number of fused-ring (bicyclic) bond motifs is 1. The van der Waals surface area contributed by atoms with Gasteiger partial charge < -0.3 is 21.1 Å². The molecule has 2 aromatic rings. The fourth-order valence-corrected chi connectivity index (χ4v) is 5.39. The van der Waals surface area contributed by atoms with Crippen molar-refractivity contribution in [2.75, 3.05) is 11.9 Å². The zero-order chi connectivity index (χ0) is 22.1.